The van der Waals surface area contributed by atoms with Gasteiger partial charge in [0.25, 0.3) is 10.0 Å². The lowest BCUT2D eigenvalue weighted by Gasteiger charge is -2.35. The molecule has 0 radical (unpaired) electrons. The summed E-state index contributed by atoms with van der Waals surface area (Å²) in [5.41, 5.74) is 1.43. The van der Waals surface area contributed by atoms with Gasteiger partial charge in [0.15, 0.2) is 0 Å². The van der Waals surface area contributed by atoms with Gasteiger partial charge in [0.2, 0.25) is 0 Å². The number of anilines is 1. The van der Waals surface area contributed by atoms with Crippen LogP contribution < -0.4 is 13.8 Å². The third-order valence-electron chi connectivity index (χ3n) is 6.48. The monoisotopic (exact) mass is 575 g/mol. The largest absolute Gasteiger partial charge is 0.496 e. The van der Waals surface area contributed by atoms with Crippen LogP contribution in [0.5, 0.6) is 11.5 Å². The van der Waals surface area contributed by atoms with Crippen LogP contribution in [0.25, 0.3) is 11.6 Å². The molecule has 1 heterocycles. The predicted molar refractivity (Wildman–Crippen MR) is 145 cm³/mol. The van der Waals surface area contributed by atoms with E-state index in [4.69, 9.17) is 9.47 Å². The summed E-state index contributed by atoms with van der Waals surface area (Å²) in [4.78, 5) is 11.2. The first-order chi connectivity index (χ1) is 18.9. The van der Waals surface area contributed by atoms with E-state index in [0.717, 1.165) is 33.6 Å². The number of ether oxygens (including phenoxy) is 3. The van der Waals surface area contributed by atoms with E-state index < -0.39 is 38.7 Å². The molecule has 0 aromatic heterocycles. The van der Waals surface area contributed by atoms with Crippen molar-refractivity contribution < 1.29 is 40.6 Å². The lowest BCUT2D eigenvalue weighted by molar-refractivity contribution is -0.141. The van der Waals surface area contributed by atoms with Crippen LogP contribution in [0.3, 0.4) is 0 Å². The van der Waals surface area contributed by atoms with E-state index in [2.05, 4.69) is 4.74 Å². The molecule has 3 aromatic rings. The summed E-state index contributed by atoms with van der Waals surface area (Å²) < 4.78 is 84.9. The molecule has 0 bridgehead atoms. The third kappa shape index (κ3) is 6.25. The zero-order valence-electron chi connectivity index (χ0n) is 22.1. The number of nitrogens with zero attached hydrogens (tertiary/aromatic N) is 1. The van der Waals surface area contributed by atoms with Crippen molar-refractivity contribution in [1.82, 2.24) is 0 Å². The number of methoxy groups -OCH3 is 2. The van der Waals surface area contributed by atoms with Crippen molar-refractivity contribution >= 4 is 33.3 Å². The maximum absolute atomic E-state index is 13.8. The highest BCUT2D eigenvalue weighted by Crippen LogP contribution is 2.40. The predicted octanol–water partition coefficient (Wildman–Crippen LogP) is 6.18. The van der Waals surface area contributed by atoms with Crippen molar-refractivity contribution in [3.05, 3.63) is 83.4 Å². The van der Waals surface area contributed by atoms with E-state index in [1.54, 1.807) is 25.3 Å². The van der Waals surface area contributed by atoms with E-state index in [1.165, 1.54) is 7.11 Å². The SMILES string of the molecule is COC(=O)CCC1CN(S(=O)(=O)c2cccc(C(F)(F)F)c2)c2cc(C=C(C)c3ccccc3OC)ccc2O1. The van der Waals surface area contributed by atoms with Crippen molar-refractivity contribution in [2.24, 2.45) is 0 Å². The number of allylic oxidation sites excluding steroid dienone is 1. The number of alkyl halides is 3. The van der Waals surface area contributed by atoms with Crippen molar-refractivity contribution in [3.63, 3.8) is 0 Å². The van der Waals surface area contributed by atoms with Gasteiger partial charge in [0.1, 0.15) is 17.6 Å². The minimum absolute atomic E-state index is 0.0210. The fourth-order valence-electron chi connectivity index (χ4n) is 4.44. The maximum Gasteiger partial charge on any atom is 0.416 e. The summed E-state index contributed by atoms with van der Waals surface area (Å²) in [6.07, 6.45) is -3.48. The van der Waals surface area contributed by atoms with Crippen LogP contribution >= 0.6 is 0 Å². The lowest BCUT2D eigenvalue weighted by atomic mass is 10.0. The number of para-hydroxylation sites is 1. The average Bonchev–Trinajstić information content (AvgIpc) is 2.94. The molecule has 4 rings (SSSR count). The van der Waals surface area contributed by atoms with E-state index in [9.17, 15) is 26.4 Å². The number of esters is 1. The second kappa shape index (κ2) is 11.6. The Labute approximate surface area is 230 Å². The lowest BCUT2D eigenvalue weighted by Crippen LogP contribution is -2.43. The topological polar surface area (TPSA) is 82.1 Å². The highest BCUT2D eigenvalue weighted by molar-refractivity contribution is 7.92. The first-order valence-corrected chi connectivity index (χ1v) is 13.8. The smallest absolute Gasteiger partial charge is 0.416 e. The maximum atomic E-state index is 13.8. The number of hydrogen-bond donors (Lipinski definition) is 0. The number of carbonyl (C=O) groups excluding carboxylic acids is 1. The average molecular weight is 576 g/mol. The van der Waals surface area contributed by atoms with Crippen LogP contribution in [0.15, 0.2) is 71.6 Å². The van der Waals surface area contributed by atoms with Gasteiger partial charge in [-0.3, -0.25) is 9.10 Å². The normalized spacial score (nSPS) is 15.7. The molecule has 0 N–H and O–H groups in total. The summed E-state index contributed by atoms with van der Waals surface area (Å²) in [5.74, 6) is 0.400. The van der Waals surface area contributed by atoms with Crippen LogP contribution in [-0.2, 0) is 25.7 Å². The Hall–Kier alpha value is -3.99. The molecule has 1 aliphatic heterocycles. The number of sulfonamides is 1. The molecule has 3 aromatic carbocycles. The van der Waals surface area contributed by atoms with Gasteiger partial charge in [-0.15, -0.1) is 0 Å². The summed E-state index contributed by atoms with van der Waals surface area (Å²) in [6, 6.07) is 16.0. The molecular formula is C29H28F3NO6S. The number of carbonyl (C=O) groups is 1. The van der Waals surface area contributed by atoms with E-state index in [1.807, 2.05) is 37.3 Å². The Balaban J connectivity index is 1.78. The quantitative estimate of drug-likeness (QED) is 0.236. The van der Waals surface area contributed by atoms with Crippen molar-refractivity contribution in [2.45, 2.75) is 36.9 Å². The molecule has 1 atom stereocenters. The van der Waals surface area contributed by atoms with E-state index in [0.29, 0.717) is 17.4 Å². The van der Waals surface area contributed by atoms with Crippen LogP contribution in [0, 0.1) is 0 Å². The fourth-order valence-corrected chi connectivity index (χ4v) is 5.98. The molecule has 0 saturated heterocycles. The summed E-state index contributed by atoms with van der Waals surface area (Å²) in [7, 11) is -1.64. The molecule has 0 amide bonds. The molecule has 1 unspecified atom stereocenters. The molecule has 0 saturated carbocycles. The Morgan fingerprint density at radius 3 is 2.52 bits per heavy atom. The number of halogens is 3. The van der Waals surface area contributed by atoms with Gasteiger partial charge in [-0.1, -0.05) is 36.4 Å². The highest BCUT2D eigenvalue weighted by atomic mass is 32.2. The van der Waals surface area contributed by atoms with E-state index >= 15 is 0 Å². The standard InChI is InChI=1S/C29H28F3NO6S/c1-19(24-9-4-5-10-26(24)37-2)15-20-11-13-27-25(16-20)33(18-22(39-27)12-14-28(34)38-3)40(35,36)23-8-6-7-21(17-23)29(30,31)32/h4-11,13,15-17,22H,12,14,18H2,1-3H3. The van der Waals surface area contributed by atoms with Crippen LogP contribution in [-0.4, -0.2) is 41.3 Å². The second-order valence-electron chi connectivity index (χ2n) is 9.17. The Morgan fingerprint density at radius 1 is 1.07 bits per heavy atom. The number of hydrogen-bond acceptors (Lipinski definition) is 6. The van der Waals surface area contributed by atoms with Crippen LogP contribution in [0.4, 0.5) is 18.9 Å². The summed E-state index contributed by atoms with van der Waals surface area (Å²) in [6.45, 7) is 1.68. The zero-order chi connectivity index (χ0) is 29.1. The Bertz CT molecular complexity index is 1530. The molecule has 0 spiro atoms. The minimum Gasteiger partial charge on any atom is -0.496 e. The van der Waals surface area contributed by atoms with Crippen molar-refractivity contribution in [3.8, 4) is 11.5 Å². The van der Waals surface area contributed by atoms with Gasteiger partial charge in [-0.05, 0) is 60.9 Å². The van der Waals surface area contributed by atoms with Gasteiger partial charge in [0.05, 0.1) is 36.9 Å². The minimum atomic E-state index is -4.72. The highest BCUT2D eigenvalue weighted by Gasteiger charge is 2.37. The fraction of sp³-hybridized carbons (Fsp3) is 0.276. The van der Waals surface area contributed by atoms with Gasteiger partial charge in [-0.2, -0.15) is 13.2 Å². The van der Waals surface area contributed by atoms with Gasteiger partial charge >= 0.3 is 12.1 Å². The molecule has 1 aliphatic rings. The Morgan fingerprint density at radius 2 is 1.82 bits per heavy atom. The van der Waals surface area contributed by atoms with E-state index in [-0.39, 0.29) is 30.8 Å². The molecular weight excluding hydrogens is 547 g/mol. The first-order valence-electron chi connectivity index (χ1n) is 12.3. The molecule has 40 heavy (non-hydrogen) atoms. The zero-order valence-corrected chi connectivity index (χ0v) is 22.9. The number of fused-ring (bicyclic) bond motifs is 1. The van der Waals surface area contributed by atoms with Gasteiger partial charge in [-0.25, -0.2) is 8.42 Å². The molecule has 212 valence electrons. The molecule has 7 nitrogen and oxygen atoms in total. The third-order valence-corrected chi connectivity index (χ3v) is 8.25. The first kappa shape index (κ1) is 29.0. The molecule has 0 aliphatic carbocycles. The molecule has 0 fully saturated rings. The number of benzene rings is 3. The van der Waals surface area contributed by atoms with Gasteiger partial charge in [0, 0.05) is 12.0 Å². The summed E-state index contributed by atoms with van der Waals surface area (Å²) >= 11 is 0. The van der Waals surface area contributed by atoms with Crippen LogP contribution in [0.2, 0.25) is 0 Å². The molecule has 11 heteroatoms. The Kier molecular flexibility index (Phi) is 8.43. The van der Waals surface area contributed by atoms with Crippen molar-refractivity contribution in [1.29, 1.82) is 0 Å². The number of rotatable bonds is 8. The van der Waals surface area contributed by atoms with Crippen molar-refractivity contribution in [2.75, 3.05) is 25.1 Å². The summed E-state index contributed by atoms with van der Waals surface area (Å²) in [5, 5.41) is 0. The second-order valence-corrected chi connectivity index (χ2v) is 11.0. The van der Waals surface area contributed by atoms with Gasteiger partial charge < -0.3 is 14.2 Å². The van der Waals surface area contributed by atoms with Crippen LogP contribution in [0.1, 0.15) is 36.5 Å².